The number of carbonyl (C=O) groups excluding carboxylic acids is 2. The Kier molecular flexibility index (Phi) is 6.17. The number of nitrogens with one attached hydrogen (secondary N) is 2. The lowest BCUT2D eigenvalue weighted by Gasteiger charge is -2.14. The summed E-state index contributed by atoms with van der Waals surface area (Å²) in [6, 6.07) is -0.224. The lowest BCUT2D eigenvalue weighted by Crippen LogP contribution is -2.39. The summed E-state index contributed by atoms with van der Waals surface area (Å²) in [5, 5.41) is 9.61. The van der Waals surface area contributed by atoms with Crippen LogP contribution in [0.25, 0.3) is 0 Å². The van der Waals surface area contributed by atoms with Crippen LogP contribution in [-0.2, 0) is 16.1 Å². The first-order valence-electron chi connectivity index (χ1n) is 6.84. The van der Waals surface area contributed by atoms with Crippen LogP contribution >= 0.6 is 12.4 Å². The van der Waals surface area contributed by atoms with E-state index in [1.54, 1.807) is 6.20 Å². The van der Waals surface area contributed by atoms with Gasteiger partial charge in [-0.3, -0.25) is 14.3 Å². The number of halogens is 1. The molecule has 21 heavy (non-hydrogen) atoms. The van der Waals surface area contributed by atoms with E-state index in [4.69, 9.17) is 5.73 Å². The molecule has 0 saturated heterocycles. The van der Waals surface area contributed by atoms with Crippen molar-refractivity contribution in [2.24, 2.45) is 11.7 Å². The Morgan fingerprint density at radius 1 is 1.48 bits per heavy atom. The highest BCUT2D eigenvalue weighted by atomic mass is 35.5. The summed E-state index contributed by atoms with van der Waals surface area (Å²) < 4.78 is 1.49. The molecular formula is C13H22ClN5O2. The number of aromatic nitrogens is 2. The second-order valence-corrected chi connectivity index (χ2v) is 5.53. The van der Waals surface area contributed by atoms with Crippen LogP contribution in [0.15, 0.2) is 12.4 Å². The predicted molar refractivity (Wildman–Crippen MR) is 82.1 cm³/mol. The summed E-state index contributed by atoms with van der Waals surface area (Å²) in [5.41, 5.74) is 6.30. The highest BCUT2D eigenvalue weighted by Crippen LogP contribution is 2.18. The fraction of sp³-hybridized carbons (Fsp3) is 0.615. The zero-order valence-electron chi connectivity index (χ0n) is 12.2. The third-order valence-electron chi connectivity index (χ3n) is 3.17. The molecule has 1 aliphatic carbocycles. The van der Waals surface area contributed by atoms with Crippen LogP contribution in [0.4, 0.5) is 5.69 Å². The van der Waals surface area contributed by atoms with Gasteiger partial charge in [0.1, 0.15) is 6.54 Å². The molecular weight excluding hydrogens is 294 g/mol. The topological polar surface area (TPSA) is 102 Å². The summed E-state index contributed by atoms with van der Waals surface area (Å²) >= 11 is 0. The van der Waals surface area contributed by atoms with Gasteiger partial charge in [0.2, 0.25) is 11.8 Å². The Bertz CT molecular complexity index is 499. The van der Waals surface area contributed by atoms with Gasteiger partial charge in [0, 0.05) is 12.2 Å². The first-order chi connectivity index (χ1) is 9.45. The molecule has 1 atom stereocenters. The molecule has 1 aliphatic rings. The maximum absolute atomic E-state index is 11.8. The molecule has 2 rings (SSSR count). The molecule has 0 radical (unpaired) electrons. The van der Waals surface area contributed by atoms with Crippen molar-refractivity contribution < 1.29 is 9.59 Å². The van der Waals surface area contributed by atoms with Crippen molar-refractivity contribution in [1.82, 2.24) is 15.1 Å². The molecule has 0 unspecified atom stereocenters. The lowest BCUT2D eigenvalue weighted by molar-refractivity contribution is -0.122. The Morgan fingerprint density at radius 2 is 2.14 bits per heavy atom. The maximum atomic E-state index is 11.8. The van der Waals surface area contributed by atoms with E-state index in [0.29, 0.717) is 11.7 Å². The number of hydrogen-bond donors (Lipinski definition) is 3. The Balaban J connectivity index is 0.00000220. The summed E-state index contributed by atoms with van der Waals surface area (Å²) in [6.07, 6.45) is 5.24. The molecule has 1 heterocycles. The van der Waals surface area contributed by atoms with E-state index in [2.05, 4.69) is 15.7 Å². The van der Waals surface area contributed by atoms with Crippen LogP contribution in [0, 0.1) is 5.92 Å². The van der Waals surface area contributed by atoms with E-state index in [1.165, 1.54) is 10.9 Å². The van der Waals surface area contributed by atoms with Gasteiger partial charge in [0.25, 0.3) is 0 Å². The molecule has 4 N–H and O–H groups in total. The maximum Gasteiger partial charge on any atom is 0.241 e. The van der Waals surface area contributed by atoms with Crippen molar-refractivity contribution in [3.8, 4) is 0 Å². The number of hydrogen-bond acceptors (Lipinski definition) is 4. The number of rotatable bonds is 6. The van der Waals surface area contributed by atoms with Gasteiger partial charge in [-0.1, -0.05) is 13.8 Å². The number of anilines is 1. The van der Waals surface area contributed by atoms with Crippen molar-refractivity contribution in [2.75, 3.05) is 5.32 Å². The number of nitrogens with two attached hydrogens (primary N) is 1. The van der Waals surface area contributed by atoms with Gasteiger partial charge in [-0.05, 0) is 18.8 Å². The first kappa shape index (κ1) is 17.5. The van der Waals surface area contributed by atoms with Crippen molar-refractivity contribution in [3.63, 3.8) is 0 Å². The molecule has 0 aromatic carbocycles. The monoisotopic (exact) mass is 315 g/mol. The van der Waals surface area contributed by atoms with E-state index in [0.717, 1.165) is 12.8 Å². The number of carbonyl (C=O) groups is 2. The number of nitrogens with zero attached hydrogens (tertiary/aromatic N) is 2. The second-order valence-electron chi connectivity index (χ2n) is 5.53. The summed E-state index contributed by atoms with van der Waals surface area (Å²) in [5.74, 6) is -0.247. The van der Waals surface area contributed by atoms with Gasteiger partial charge in [-0.2, -0.15) is 5.10 Å². The van der Waals surface area contributed by atoms with Gasteiger partial charge in [0.05, 0.1) is 17.9 Å². The second kappa shape index (κ2) is 7.42. The van der Waals surface area contributed by atoms with Gasteiger partial charge in [-0.25, -0.2) is 0 Å². The Hall–Kier alpha value is -1.60. The third-order valence-corrected chi connectivity index (χ3v) is 3.17. The molecule has 7 nitrogen and oxygen atoms in total. The average molecular weight is 316 g/mol. The third kappa shape index (κ3) is 5.35. The zero-order chi connectivity index (χ0) is 14.7. The van der Waals surface area contributed by atoms with Crippen LogP contribution in [-0.4, -0.2) is 33.7 Å². The minimum Gasteiger partial charge on any atom is -0.352 e. The molecule has 0 spiro atoms. The fourth-order valence-corrected chi connectivity index (χ4v) is 1.69. The van der Waals surface area contributed by atoms with Crippen molar-refractivity contribution in [2.45, 2.75) is 45.3 Å². The van der Waals surface area contributed by atoms with Crippen molar-refractivity contribution in [1.29, 1.82) is 0 Å². The van der Waals surface area contributed by atoms with Gasteiger partial charge in [-0.15, -0.1) is 12.4 Å². The molecule has 0 bridgehead atoms. The van der Waals surface area contributed by atoms with Crippen LogP contribution < -0.4 is 16.4 Å². The SMILES string of the molecule is CC(C)[C@@H](N)C(=O)Nc1cnn(CC(=O)NC2CC2)c1.Cl. The molecule has 1 aromatic rings. The molecule has 1 fully saturated rings. The summed E-state index contributed by atoms with van der Waals surface area (Å²) in [7, 11) is 0. The van der Waals surface area contributed by atoms with Crippen LogP contribution in [0.5, 0.6) is 0 Å². The number of amides is 2. The molecule has 0 aliphatic heterocycles. The van der Waals surface area contributed by atoms with E-state index < -0.39 is 6.04 Å². The van der Waals surface area contributed by atoms with E-state index in [-0.39, 0.29) is 36.7 Å². The van der Waals surface area contributed by atoms with Crippen molar-refractivity contribution >= 4 is 29.9 Å². The minimum absolute atomic E-state index is 0. The largest absolute Gasteiger partial charge is 0.352 e. The highest BCUT2D eigenvalue weighted by molar-refractivity contribution is 5.94. The minimum atomic E-state index is -0.559. The quantitative estimate of drug-likeness (QED) is 0.711. The summed E-state index contributed by atoms with van der Waals surface area (Å²) in [4.78, 5) is 23.4. The zero-order valence-corrected chi connectivity index (χ0v) is 13.0. The smallest absolute Gasteiger partial charge is 0.241 e. The van der Waals surface area contributed by atoms with Crippen molar-refractivity contribution in [3.05, 3.63) is 12.4 Å². The standard InChI is InChI=1S/C13H21N5O2.ClH/c1-8(2)12(14)13(20)17-10-5-15-18(6-10)7-11(19)16-9-3-4-9;/h5-6,8-9,12H,3-4,7,14H2,1-2H3,(H,16,19)(H,17,20);1H/t12-;/m1./s1. The fourth-order valence-electron chi connectivity index (χ4n) is 1.69. The molecule has 1 aromatic heterocycles. The van der Waals surface area contributed by atoms with Crippen LogP contribution in [0.1, 0.15) is 26.7 Å². The van der Waals surface area contributed by atoms with Gasteiger partial charge in [0.15, 0.2) is 0 Å². The van der Waals surface area contributed by atoms with Crippen LogP contribution in [0.2, 0.25) is 0 Å². The first-order valence-corrected chi connectivity index (χ1v) is 6.84. The lowest BCUT2D eigenvalue weighted by atomic mass is 10.1. The highest BCUT2D eigenvalue weighted by Gasteiger charge is 2.23. The Morgan fingerprint density at radius 3 is 2.71 bits per heavy atom. The van der Waals surface area contributed by atoms with Gasteiger partial charge < -0.3 is 16.4 Å². The van der Waals surface area contributed by atoms with Gasteiger partial charge >= 0.3 is 0 Å². The summed E-state index contributed by atoms with van der Waals surface area (Å²) in [6.45, 7) is 3.92. The molecule has 1 saturated carbocycles. The normalized spacial score (nSPS) is 15.2. The van der Waals surface area contributed by atoms with E-state index in [1.807, 2.05) is 13.8 Å². The predicted octanol–water partition coefficient (Wildman–Crippen LogP) is 0.505. The molecule has 118 valence electrons. The average Bonchev–Trinajstić information content (AvgIpc) is 3.08. The molecule has 2 amide bonds. The van der Waals surface area contributed by atoms with Crippen LogP contribution in [0.3, 0.4) is 0 Å². The van der Waals surface area contributed by atoms with E-state index in [9.17, 15) is 9.59 Å². The Labute approximate surface area is 130 Å². The van der Waals surface area contributed by atoms with E-state index >= 15 is 0 Å². The molecule has 8 heteroatoms.